The molecule has 7 heteroatoms. The third-order valence-corrected chi connectivity index (χ3v) is 4.63. The summed E-state index contributed by atoms with van der Waals surface area (Å²) in [7, 11) is -1.87. The molecule has 0 atom stereocenters. The van der Waals surface area contributed by atoms with Gasteiger partial charge in [-0.25, -0.2) is 4.72 Å². The molecule has 2 rings (SSSR count). The highest BCUT2D eigenvalue weighted by Gasteiger charge is 2.25. The molecule has 0 spiro atoms. The van der Waals surface area contributed by atoms with Crippen molar-refractivity contribution in [2.24, 2.45) is 0 Å². The SMILES string of the molecule is CNS(=O)(=O)N1CCN(c2cccc(N)c2)CC1. The van der Waals surface area contributed by atoms with Crippen molar-refractivity contribution in [3.05, 3.63) is 24.3 Å². The van der Waals surface area contributed by atoms with Crippen molar-refractivity contribution in [3.63, 3.8) is 0 Å². The van der Waals surface area contributed by atoms with E-state index < -0.39 is 10.2 Å². The number of benzene rings is 1. The maximum absolute atomic E-state index is 11.6. The Bertz CT molecular complexity index is 510. The van der Waals surface area contributed by atoms with Crippen molar-refractivity contribution < 1.29 is 8.42 Å². The van der Waals surface area contributed by atoms with Gasteiger partial charge in [0.1, 0.15) is 0 Å². The zero-order valence-electron chi connectivity index (χ0n) is 10.3. The minimum Gasteiger partial charge on any atom is -0.399 e. The Balaban J connectivity index is 2.03. The molecule has 0 amide bonds. The molecule has 1 saturated heterocycles. The number of hydrogen-bond acceptors (Lipinski definition) is 4. The van der Waals surface area contributed by atoms with E-state index in [2.05, 4.69) is 9.62 Å². The van der Waals surface area contributed by atoms with E-state index >= 15 is 0 Å². The van der Waals surface area contributed by atoms with Crippen LogP contribution in [0.5, 0.6) is 0 Å². The van der Waals surface area contributed by atoms with Gasteiger partial charge in [0.05, 0.1) is 0 Å². The first-order valence-electron chi connectivity index (χ1n) is 5.82. The Kier molecular flexibility index (Phi) is 3.74. The van der Waals surface area contributed by atoms with Gasteiger partial charge in [0.2, 0.25) is 0 Å². The van der Waals surface area contributed by atoms with Crippen LogP contribution in [0.15, 0.2) is 24.3 Å². The van der Waals surface area contributed by atoms with Crippen LogP contribution in [-0.4, -0.2) is 45.9 Å². The number of rotatable bonds is 3. The lowest BCUT2D eigenvalue weighted by Crippen LogP contribution is -2.51. The molecule has 1 aromatic rings. The summed E-state index contributed by atoms with van der Waals surface area (Å²) in [5.74, 6) is 0. The molecular formula is C11H18N4O2S. The monoisotopic (exact) mass is 270 g/mol. The fourth-order valence-corrected chi connectivity index (χ4v) is 2.94. The van der Waals surface area contributed by atoms with Crippen molar-refractivity contribution in [1.82, 2.24) is 9.03 Å². The molecule has 0 aromatic heterocycles. The quantitative estimate of drug-likeness (QED) is 0.749. The molecule has 18 heavy (non-hydrogen) atoms. The number of nitrogens with two attached hydrogens (primary N) is 1. The van der Waals surface area contributed by atoms with Crippen LogP contribution in [0.1, 0.15) is 0 Å². The van der Waals surface area contributed by atoms with Crippen molar-refractivity contribution in [2.45, 2.75) is 0 Å². The molecule has 0 aliphatic carbocycles. The average molecular weight is 270 g/mol. The molecule has 0 saturated carbocycles. The van der Waals surface area contributed by atoms with Gasteiger partial charge in [0.15, 0.2) is 0 Å². The second-order valence-corrected chi connectivity index (χ2v) is 6.07. The fraction of sp³-hybridized carbons (Fsp3) is 0.455. The van der Waals surface area contributed by atoms with Gasteiger partial charge in [-0.2, -0.15) is 12.7 Å². The summed E-state index contributed by atoms with van der Waals surface area (Å²) >= 11 is 0. The van der Waals surface area contributed by atoms with Crippen LogP contribution in [0.2, 0.25) is 0 Å². The molecule has 0 bridgehead atoms. The highest BCUT2D eigenvalue weighted by atomic mass is 32.2. The molecule has 1 heterocycles. The molecule has 0 radical (unpaired) electrons. The maximum atomic E-state index is 11.6. The molecule has 1 aliphatic heterocycles. The summed E-state index contributed by atoms with van der Waals surface area (Å²) < 4.78 is 27.0. The first-order chi connectivity index (χ1) is 8.53. The summed E-state index contributed by atoms with van der Waals surface area (Å²) in [4.78, 5) is 2.14. The van der Waals surface area contributed by atoms with Gasteiger partial charge in [0, 0.05) is 44.6 Å². The van der Waals surface area contributed by atoms with E-state index in [4.69, 9.17) is 5.73 Å². The largest absolute Gasteiger partial charge is 0.399 e. The van der Waals surface area contributed by atoms with Crippen molar-refractivity contribution in [3.8, 4) is 0 Å². The van der Waals surface area contributed by atoms with E-state index in [1.165, 1.54) is 11.4 Å². The normalized spacial score (nSPS) is 17.9. The van der Waals surface area contributed by atoms with Gasteiger partial charge in [-0.3, -0.25) is 0 Å². The first-order valence-corrected chi connectivity index (χ1v) is 7.26. The van der Waals surface area contributed by atoms with E-state index in [1.807, 2.05) is 24.3 Å². The summed E-state index contributed by atoms with van der Waals surface area (Å²) in [6.07, 6.45) is 0. The first kappa shape index (κ1) is 13.1. The number of nitrogen functional groups attached to an aromatic ring is 1. The standard InChI is InChI=1S/C11H18N4O2S/c1-13-18(16,17)15-7-5-14(6-8-15)11-4-2-3-10(12)9-11/h2-4,9,13H,5-8,12H2,1H3. The Morgan fingerprint density at radius 2 is 1.89 bits per heavy atom. The molecule has 1 fully saturated rings. The number of piperazine rings is 1. The number of anilines is 2. The molecule has 0 unspecified atom stereocenters. The van der Waals surface area contributed by atoms with Gasteiger partial charge in [0.25, 0.3) is 10.2 Å². The Hall–Kier alpha value is -1.31. The van der Waals surface area contributed by atoms with Crippen molar-refractivity contribution in [2.75, 3.05) is 43.9 Å². The zero-order chi connectivity index (χ0) is 13.2. The van der Waals surface area contributed by atoms with Crippen LogP contribution in [0.4, 0.5) is 11.4 Å². The topological polar surface area (TPSA) is 78.7 Å². The van der Waals surface area contributed by atoms with Crippen molar-refractivity contribution in [1.29, 1.82) is 0 Å². The van der Waals surface area contributed by atoms with E-state index in [1.54, 1.807) is 0 Å². The van der Waals surface area contributed by atoms with E-state index in [0.717, 1.165) is 11.4 Å². The van der Waals surface area contributed by atoms with Gasteiger partial charge in [-0.1, -0.05) is 6.07 Å². The van der Waals surface area contributed by atoms with Crippen molar-refractivity contribution >= 4 is 21.6 Å². The van der Waals surface area contributed by atoms with Crippen LogP contribution < -0.4 is 15.4 Å². The predicted molar refractivity (Wildman–Crippen MR) is 72.6 cm³/mol. The van der Waals surface area contributed by atoms with E-state index in [-0.39, 0.29) is 0 Å². The van der Waals surface area contributed by atoms with Crippen LogP contribution in [0.3, 0.4) is 0 Å². The molecule has 1 aromatic carbocycles. The Labute approximate surface area is 108 Å². The lowest BCUT2D eigenvalue weighted by molar-refractivity contribution is 0.380. The van der Waals surface area contributed by atoms with Crippen LogP contribution in [0, 0.1) is 0 Å². The smallest absolute Gasteiger partial charge is 0.279 e. The lowest BCUT2D eigenvalue weighted by Gasteiger charge is -2.35. The second kappa shape index (κ2) is 5.13. The average Bonchev–Trinajstić information content (AvgIpc) is 2.39. The predicted octanol–water partition coefficient (Wildman–Crippen LogP) is -0.145. The molecule has 6 nitrogen and oxygen atoms in total. The molecule has 1 aliphatic rings. The number of nitrogens with zero attached hydrogens (tertiary/aromatic N) is 2. The summed E-state index contributed by atoms with van der Waals surface area (Å²) in [5.41, 5.74) is 7.50. The summed E-state index contributed by atoms with van der Waals surface area (Å²) in [6.45, 7) is 2.31. The summed E-state index contributed by atoms with van der Waals surface area (Å²) in [5, 5.41) is 0. The Morgan fingerprint density at radius 1 is 1.22 bits per heavy atom. The molecule has 3 N–H and O–H groups in total. The highest BCUT2D eigenvalue weighted by Crippen LogP contribution is 2.19. The molecular weight excluding hydrogens is 252 g/mol. The van der Waals surface area contributed by atoms with Gasteiger partial charge >= 0.3 is 0 Å². The lowest BCUT2D eigenvalue weighted by atomic mass is 10.2. The van der Waals surface area contributed by atoms with E-state index in [0.29, 0.717) is 26.2 Å². The maximum Gasteiger partial charge on any atom is 0.279 e. The van der Waals surface area contributed by atoms with Gasteiger partial charge in [-0.15, -0.1) is 0 Å². The minimum absolute atomic E-state index is 0.484. The summed E-state index contributed by atoms with van der Waals surface area (Å²) in [6, 6.07) is 7.63. The minimum atomic E-state index is -3.30. The number of nitrogens with one attached hydrogen (secondary N) is 1. The van der Waals surface area contributed by atoms with E-state index in [9.17, 15) is 8.42 Å². The van der Waals surface area contributed by atoms with Gasteiger partial charge in [-0.05, 0) is 18.2 Å². The zero-order valence-corrected chi connectivity index (χ0v) is 11.2. The Morgan fingerprint density at radius 3 is 2.44 bits per heavy atom. The molecule has 100 valence electrons. The number of hydrogen-bond donors (Lipinski definition) is 2. The third kappa shape index (κ3) is 2.74. The van der Waals surface area contributed by atoms with Crippen LogP contribution >= 0.6 is 0 Å². The fourth-order valence-electron chi connectivity index (χ4n) is 2.04. The second-order valence-electron chi connectivity index (χ2n) is 4.19. The van der Waals surface area contributed by atoms with Crippen LogP contribution in [0.25, 0.3) is 0 Å². The third-order valence-electron chi connectivity index (χ3n) is 3.07. The van der Waals surface area contributed by atoms with Gasteiger partial charge < -0.3 is 10.6 Å². The highest BCUT2D eigenvalue weighted by molar-refractivity contribution is 7.87. The van der Waals surface area contributed by atoms with Crippen LogP contribution in [-0.2, 0) is 10.2 Å².